The number of pyridine rings is 2. The van der Waals surface area contributed by atoms with Crippen molar-refractivity contribution in [3.63, 3.8) is 0 Å². The van der Waals surface area contributed by atoms with Crippen molar-refractivity contribution >= 4 is 44.8 Å². The minimum Gasteiger partial charge on any atom is -0.300 e. The number of rotatable bonds is 10. The largest absolute Gasteiger partial charge is 0.300 e. The fourth-order valence-electron chi connectivity index (χ4n) is 3.74. The van der Waals surface area contributed by atoms with Crippen molar-refractivity contribution in [1.82, 2.24) is 30.4 Å². The summed E-state index contributed by atoms with van der Waals surface area (Å²) < 4.78 is 0. The van der Waals surface area contributed by atoms with Crippen LogP contribution in [-0.4, -0.2) is 42.2 Å². The first-order chi connectivity index (χ1) is 17.1. The molecular weight excluding hydrogens is 484 g/mol. The Bertz CT molecular complexity index is 1200. The number of hydrogen-bond acceptors (Lipinski definition) is 10. The lowest BCUT2D eigenvalue weighted by Crippen LogP contribution is -2.14. The van der Waals surface area contributed by atoms with E-state index in [1.807, 2.05) is 12.1 Å². The Morgan fingerprint density at radius 3 is 1.69 bits per heavy atom. The molecule has 4 heterocycles. The van der Waals surface area contributed by atoms with Crippen LogP contribution in [0.3, 0.4) is 0 Å². The predicted molar refractivity (Wildman–Crippen MR) is 132 cm³/mol. The number of nitrogens with zero attached hydrogens (tertiary/aromatic N) is 6. The topological polar surface area (TPSA) is 136 Å². The van der Waals surface area contributed by atoms with Gasteiger partial charge in [0.15, 0.2) is 0 Å². The highest BCUT2D eigenvalue weighted by atomic mass is 32.1. The molecule has 2 atom stereocenters. The van der Waals surface area contributed by atoms with Crippen LogP contribution in [0.1, 0.15) is 27.6 Å². The molecule has 0 spiro atoms. The second kappa shape index (κ2) is 10.7. The molecule has 0 bridgehead atoms. The number of hydrogen-bond donors (Lipinski definition) is 2. The van der Waals surface area contributed by atoms with Gasteiger partial charge in [0, 0.05) is 37.6 Å². The van der Waals surface area contributed by atoms with Crippen LogP contribution < -0.4 is 10.6 Å². The molecule has 5 rings (SSSR count). The highest BCUT2D eigenvalue weighted by Crippen LogP contribution is 2.44. The van der Waals surface area contributed by atoms with Crippen LogP contribution in [0.4, 0.5) is 10.3 Å². The van der Waals surface area contributed by atoms with Gasteiger partial charge in [0.1, 0.15) is 10.0 Å². The predicted octanol–water partition coefficient (Wildman–Crippen LogP) is 2.96. The summed E-state index contributed by atoms with van der Waals surface area (Å²) in [4.78, 5) is 32.4. The molecule has 1 aliphatic carbocycles. The Hall–Kier alpha value is -3.64. The van der Waals surface area contributed by atoms with Gasteiger partial charge in [-0.15, -0.1) is 20.4 Å². The summed E-state index contributed by atoms with van der Waals surface area (Å²) in [7, 11) is 0. The number of nitrogens with one attached hydrogen (secondary N) is 2. The van der Waals surface area contributed by atoms with Crippen molar-refractivity contribution < 1.29 is 9.59 Å². The fourth-order valence-corrected chi connectivity index (χ4v) is 5.43. The number of amides is 2. The summed E-state index contributed by atoms with van der Waals surface area (Å²) in [6.45, 7) is 0. The molecule has 2 N–H and O–H groups in total. The Kier molecular flexibility index (Phi) is 7.09. The molecule has 2 amide bonds. The van der Waals surface area contributed by atoms with Crippen LogP contribution in [0.25, 0.3) is 0 Å². The first-order valence-corrected chi connectivity index (χ1v) is 12.8. The van der Waals surface area contributed by atoms with Gasteiger partial charge in [-0.3, -0.25) is 19.6 Å². The Morgan fingerprint density at radius 1 is 0.771 bits per heavy atom. The van der Waals surface area contributed by atoms with Gasteiger partial charge in [-0.25, -0.2) is 0 Å². The molecule has 0 aromatic carbocycles. The molecule has 12 heteroatoms. The monoisotopic (exact) mass is 506 g/mol. The molecule has 35 heavy (non-hydrogen) atoms. The fraction of sp³-hybridized carbons (Fsp3) is 0.304. The van der Waals surface area contributed by atoms with Crippen LogP contribution in [0.5, 0.6) is 0 Å². The summed E-state index contributed by atoms with van der Waals surface area (Å²) in [6.07, 6.45) is 9.95. The minimum absolute atomic E-state index is 0.135. The van der Waals surface area contributed by atoms with Gasteiger partial charge in [-0.2, -0.15) is 0 Å². The van der Waals surface area contributed by atoms with Gasteiger partial charge in [0.05, 0.1) is 12.8 Å². The molecule has 10 nitrogen and oxygen atoms in total. The van der Waals surface area contributed by atoms with Gasteiger partial charge in [-0.05, 0) is 41.5 Å². The van der Waals surface area contributed by atoms with Crippen LogP contribution >= 0.6 is 22.7 Å². The zero-order valence-corrected chi connectivity index (χ0v) is 20.3. The van der Waals surface area contributed by atoms with Crippen molar-refractivity contribution in [2.24, 2.45) is 11.8 Å². The van der Waals surface area contributed by atoms with Crippen molar-refractivity contribution in [2.45, 2.75) is 32.1 Å². The summed E-state index contributed by atoms with van der Waals surface area (Å²) in [5, 5.41) is 25.2. The van der Waals surface area contributed by atoms with Gasteiger partial charge in [-0.1, -0.05) is 34.8 Å². The summed E-state index contributed by atoms with van der Waals surface area (Å²) >= 11 is 2.83. The average Bonchev–Trinajstić information content (AvgIpc) is 3.18. The highest BCUT2D eigenvalue weighted by molar-refractivity contribution is 7.15. The molecule has 1 saturated carbocycles. The van der Waals surface area contributed by atoms with E-state index in [-0.39, 0.29) is 24.7 Å². The zero-order chi connectivity index (χ0) is 24.0. The SMILES string of the molecule is O=C(Cc1cccnc1)Nc1nnc(CC2C[C@H]2Cc2nnc(NC(=O)Cc3cccnc3)s2)s1. The lowest BCUT2D eigenvalue weighted by atomic mass is 10.2. The van der Waals surface area contributed by atoms with Gasteiger partial charge >= 0.3 is 0 Å². The molecule has 0 radical (unpaired) electrons. The molecule has 1 aliphatic rings. The van der Waals surface area contributed by atoms with Crippen LogP contribution in [-0.2, 0) is 35.3 Å². The summed E-state index contributed by atoms with van der Waals surface area (Å²) in [5.74, 6) is 0.748. The third-order valence-electron chi connectivity index (χ3n) is 5.54. The Morgan fingerprint density at radius 2 is 1.26 bits per heavy atom. The lowest BCUT2D eigenvalue weighted by Gasteiger charge is -2.00. The molecule has 0 aliphatic heterocycles. The highest BCUT2D eigenvalue weighted by Gasteiger charge is 2.38. The minimum atomic E-state index is -0.135. The van der Waals surface area contributed by atoms with Gasteiger partial charge in [0.25, 0.3) is 0 Å². The lowest BCUT2D eigenvalue weighted by molar-refractivity contribution is -0.116. The van der Waals surface area contributed by atoms with Crippen LogP contribution in [0.2, 0.25) is 0 Å². The van der Waals surface area contributed by atoms with E-state index < -0.39 is 0 Å². The van der Waals surface area contributed by atoms with E-state index in [1.165, 1.54) is 22.7 Å². The molecule has 1 fully saturated rings. The summed E-state index contributed by atoms with van der Waals surface area (Å²) in [5.41, 5.74) is 1.70. The number of anilines is 2. The molecule has 4 aromatic rings. The van der Waals surface area contributed by atoms with Crippen molar-refractivity contribution in [3.05, 3.63) is 70.2 Å². The van der Waals surface area contributed by atoms with Crippen molar-refractivity contribution in [3.8, 4) is 0 Å². The first-order valence-electron chi connectivity index (χ1n) is 11.1. The van der Waals surface area contributed by atoms with Crippen molar-refractivity contribution in [1.29, 1.82) is 0 Å². The zero-order valence-electron chi connectivity index (χ0n) is 18.6. The molecular formula is C23H22N8O2S2. The standard InChI is InChI=1S/C23H22N8O2S2/c32-18(7-14-3-1-5-24-12-14)26-22-30-28-20(34-22)10-16-9-17(16)11-21-29-31-23(35-21)27-19(33)8-15-4-2-6-25-13-15/h1-6,12-13,16-17H,7-11H2,(H,26,30,32)(H,27,31,33)/t16-,17?/m0/s1. The number of aromatic nitrogens is 6. The maximum Gasteiger partial charge on any atom is 0.230 e. The second-order valence-corrected chi connectivity index (χ2v) is 10.5. The van der Waals surface area contributed by atoms with E-state index in [0.29, 0.717) is 22.1 Å². The van der Waals surface area contributed by atoms with E-state index in [4.69, 9.17) is 0 Å². The van der Waals surface area contributed by atoms with Crippen LogP contribution in [0, 0.1) is 11.8 Å². The van der Waals surface area contributed by atoms with Crippen LogP contribution in [0.15, 0.2) is 49.1 Å². The smallest absolute Gasteiger partial charge is 0.230 e. The average molecular weight is 507 g/mol. The normalized spacial score (nSPS) is 16.6. The molecule has 4 aromatic heterocycles. The second-order valence-electron chi connectivity index (χ2n) is 8.34. The Labute approximate surface area is 209 Å². The maximum absolute atomic E-state index is 12.2. The van der Waals surface area contributed by atoms with E-state index in [9.17, 15) is 9.59 Å². The first kappa shape index (κ1) is 23.1. The van der Waals surface area contributed by atoms with Gasteiger partial charge < -0.3 is 10.6 Å². The third-order valence-corrected chi connectivity index (χ3v) is 7.27. The van der Waals surface area contributed by atoms with E-state index in [2.05, 4.69) is 41.0 Å². The maximum atomic E-state index is 12.2. The third kappa shape index (κ3) is 6.70. The molecule has 0 saturated heterocycles. The van der Waals surface area contributed by atoms with E-state index in [0.717, 1.165) is 40.4 Å². The Balaban J connectivity index is 1.05. The van der Waals surface area contributed by atoms with E-state index in [1.54, 1.807) is 36.9 Å². The van der Waals surface area contributed by atoms with Crippen molar-refractivity contribution in [2.75, 3.05) is 10.6 Å². The molecule has 178 valence electrons. The quantitative estimate of drug-likeness (QED) is 0.335. The number of carbonyl (C=O) groups is 2. The van der Waals surface area contributed by atoms with Gasteiger partial charge in [0.2, 0.25) is 22.1 Å². The molecule has 1 unspecified atom stereocenters. The number of carbonyl (C=O) groups excluding carboxylic acids is 2. The summed E-state index contributed by atoms with van der Waals surface area (Å²) in [6, 6.07) is 7.34. The van der Waals surface area contributed by atoms with E-state index >= 15 is 0 Å².